The summed E-state index contributed by atoms with van der Waals surface area (Å²) in [6.45, 7) is 4.87. The Morgan fingerprint density at radius 2 is 2.12 bits per heavy atom. The zero-order chi connectivity index (χ0) is 11.7. The summed E-state index contributed by atoms with van der Waals surface area (Å²) < 4.78 is 3.96. The van der Waals surface area contributed by atoms with Crippen molar-refractivity contribution in [3.63, 3.8) is 0 Å². The number of carbonyl (C=O) groups is 1. The molecule has 1 N–H and O–H groups in total. The molecule has 0 aliphatic carbocycles. The Hall–Kier alpha value is -1.84. The van der Waals surface area contributed by atoms with Crippen molar-refractivity contribution in [1.29, 1.82) is 0 Å². The number of carboxylic acids is 1. The van der Waals surface area contributed by atoms with Crippen LogP contribution in [0, 0.1) is 6.92 Å². The normalized spacial score (nSPS) is 10.9. The number of carboxylic acid groups (broad SMARTS) is 1. The van der Waals surface area contributed by atoms with Crippen LogP contribution in [0.5, 0.6) is 0 Å². The average Bonchev–Trinajstić information content (AvgIpc) is 2.52. The lowest BCUT2D eigenvalue weighted by Crippen LogP contribution is -2.40. The fourth-order valence-electron chi connectivity index (χ4n) is 2.15. The van der Waals surface area contributed by atoms with Gasteiger partial charge in [0.2, 0.25) is 0 Å². The van der Waals surface area contributed by atoms with Gasteiger partial charge in [0.15, 0.2) is 17.6 Å². The van der Waals surface area contributed by atoms with E-state index in [0.717, 1.165) is 23.4 Å². The van der Waals surface area contributed by atoms with Crippen molar-refractivity contribution < 1.29 is 14.5 Å². The maximum absolute atomic E-state index is 10.8. The topological polar surface area (TPSA) is 46.1 Å². The van der Waals surface area contributed by atoms with Crippen LogP contribution < -0.4 is 4.57 Å². The van der Waals surface area contributed by atoms with Gasteiger partial charge in [0.1, 0.15) is 0 Å². The molecule has 0 aliphatic heterocycles. The van der Waals surface area contributed by atoms with E-state index in [-0.39, 0.29) is 6.54 Å². The number of benzene rings is 1. The van der Waals surface area contributed by atoms with Crippen molar-refractivity contribution in [2.45, 2.75) is 26.9 Å². The second kappa shape index (κ2) is 3.96. The van der Waals surface area contributed by atoms with Crippen LogP contribution in [0.15, 0.2) is 24.3 Å². The number of hydrogen-bond donors (Lipinski definition) is 1. The van der Waals surface area contributed by atoms with E-state index in [9.17, 15) is 4.79 Å². The number of imidazole rings is 1. The maximum Gasteiger partial charge on any atom is 0.346 e. The van der Waals surface area contributed by atoms with Gasteiger partial charge >= 0.3 is 5.97 Å². The Morgan fingerprint density at radius 1 is 1.44 bits per heavy atom. The molecule has 0 aliphatic rings. The minimum absolute atomic E-state index is 0.0132. The Balaban J connectivity index is 2.71. The Morgan fingerprint density at radius 3 is 2.75 bits per heavy atom. The molecule has 0 atom stereocenters. The van der Waals surface area contributed by atoms with Crippen molar-refractivity contribution in [1.82, 2.24) is 4.57 Å². The van der Waals surface area contributed by atoms with Gasteiger partial charge in [0, 0.05) is 6.92 Å². The van der Waals surface area contributed by atoms with Gasteiger partial charge in [0.05, 0.1) is 6.54 Å². The van der Waals surface area contributed by atoms with E-state index in [4.69, 9.17) is 5.11 Å². The molecule has 0 fully saturated rings. The van der Waals surface area contributed by atoms with Gasteiger partial charge < -0.3 is 5.11 Å². The highest BCUT2D eigenvalue weighted by atomic mass is 16.4. The predicted molar refractivity (Wildman–Crippen MR) is 60.2 cm³/mol. The van der Waals surface area contributed by atoms with Crippen LogP contribution in [0.2, 0.25) is 0 Å². The molecule has 0 unspecified atom stereocenters. The van der Waals surface area contributed by atoms with Crippen molar-refractivity contribution in [2.75, 3.05) is 0 Å². The van der Waals surface area contributed by atoms with Crippen molar-refractivity contribution in [3.05, 3.63) is 30.1 Å². The number of rotatable bonds is 3. The molecule has 1 aromatic carbocycles. The highest BCUT2D eigenvalue weighted by Gasteiger charge is 2.21. The molecule has 2 aromatic rings. The van der Waals surface area contributed by atoms with Crippen molar-refractivity contribution in [2.24, 2.45) is 0 Å². The molecule has 0 bridgehead atoms. The van der Waals surface area contributed by atoms with Gasteiger partial charge in [-0.3, -0.25) is 0 Å². The molecular formula is C12H15N2O2+. The lowest BCUT2D eigenvalue weighted by molar-refractivity contribution is -0.667. The van der Waals surface area contributed by atoms with Crippen molar-refractivity contribution in [3.8, 4) is 0 Å². The summed E-state index contributed by atoms with van der Waals surface area (Å²) in [5.74, 6) is 0.165. The summed E-state index contributed by atoms with van der Waals surface area (Å²) in [6.07, 6.45) is 0. The first-order chi connectivity index (χ1) is 7.65. The molecule has 0 radical (unpaired) electrons. The Labute approximate surface area is 93.7 Å². The van der Waals surface area contributed by atoms with Gasteiger partial charge in [-0.15, -0.1) is 0 Å². The lowest BCUT2D eigenvalue weighted by atomic mass is 10.3. The van der Waals surface area contributed by atoms with Crippen LogP contribution in [-0.4, -0.2) is 15.6 Å². The number of aliphatic carboxylic acids is 1. The second-order valence-corrected chi connectivity index (χ2v) is 3.76. The number of nitrogens with zero attached hydrogens (tertiary/aromatic N) is 2. The van der Waals surface area contributed by atoms with Gasteiger partial charge in [-0.05, 0) is 19.1 Å². The number of hydrogen-bond acceptors (Lipinski definition) is 1. The number of para-hydroxylation sites is 2. The Kier molecular flexibility index (Phi) is 2.64. The highest BCUT2D eigenvalue weighted by Crippen LogP contribution is 2.13. The molecule has 1 aromatic heterocycles. The summed E-state index contributed by atoms with van der Waals surface area (Å²) >= 11 is 0. The van der Waals surface area contributed by atoms with E-state index in [1.54, 1.807) is 0 Å². The molecule has 4 nitrogen and oxygen atoms in total. The molecule has 0 saturated carbocycles. The maximum atomic E-state index is 10.8. The molecule has 84 valence electrons. The van der Waals surface area contributed by atoms with E-state index in [0.29, 0.717) is 0 Å². The van der Waals surface area contributed by atoms with Crippen LogP contribution in [0.1, 0.15) is 12.7 Å². The Bertz CT molecular complexity index is 543. The predicted octanol–water partition coefficient (Wildman–Crippen LogP) is 1.34. The molecular weight excluding hydrogens is 204 g/mol. The van der Waals surface area contributed by atoms with Crippen LogP contribution in [0.25, 0.3) is 11.0 Å². The first kappa shape index (κ1) is 10.7. The van der Waals surface area contributed by atoms with Crippen LogP contribution in [0.4, 0.5) is 0 Å². The molecule has 1 heterocycles. The summed E-state index contributed by atoms with van der Waals surface area (Å²) in [7, 11) is 0. The minimum Gasteiger partial charge on any atom is -0.478 e. The van der Waals surface area contributed by atoms with E-state index < -0.39 is 5.97 Å². The van der Waals surface area contributed by atoms with E-state index in [1.165, 1.54) is 0 Å². The van der Waals surface area contributed by atoms with E-state index in [2.05, 4.69) is 11.5 Å². The third-order valence-electron chi connectivity index (χ3n) is 2.85. The summed E-state index contributed by atoms with van der Waals surface area (Å²) in [6, 6.07) is 7.88. The zero-order valence-corrected chi connectivity index (χ0v) is 9.47. The molecule has 4 heteroatoms. The second-order valence-electron chi connectivity index (χ2n) is 3.76. The standard InChI is InChI=1S/C12H14N2O2/c1-3-13-9(2)14(8-12(15)16)11-7-5-4-6-10(11)13/h4-7H,3,8H2,1-2H3/p+1. The fraction of sp³-hybridized carbons (Fsp3) is 0.333. The first-order valence-electron chi connectivity index (χ1n) is 5.34. The SMILES string of the molecule is CCn1c(C)[n+](CC(=O)O)c2ccccc21. The number of aryl methyl sites for hydroxylation is 1. The van der Waals surface area contributed by atoms with E-state index >= 15 is 0 Å². The number of aromatic nitrogens is 2. The summed E-state index contributed by atoms with van der Waals surface area (Å²) in [5.41, 5.74) is 2.06. The van der Waals surface area contributed by atoms with Gasteiger partial charge in [-0.1, -0.05) is 12.1 Å². The minimum atomic E-state index is -0.813. The van der Waals surface area contributed by atoms with Crippen LogP contribution >= 0.6 is 0 Å². The summed E-state index contributed by atoms with van der Waals surface area (Å²) in [5, 5.41) is 8.90. The van der Waals surface area contributed by atoms with Crippen LogP contribution in [-0.2, 0) is 17.9 Å². The molecule has 16 heavy (non-hydrogen) atoms. The smallest absolute Gasteiger partial charge is 0.346 e. The third kappa shape index (κ3) is 1.56. The zero-order valence-electron chi connectivity index (χ0n) is 9.47. The van der Waals surface area contributed by atoms with Crippen molar-refractivity contribution >= 4 is 17.0 Å². The molecule has 0 amide bonds. The van der Waals surface area contributed by atoms with Gasteiger partial charge in [-0.2, -0.15) is 0 Å². The highest BCUT2D eigenvalue weighted by molar-refractivity contribution is 5.73. The lowest BCUT2D eigenvalue weighted by Gasteiger charge is -1.95. The molecule has 0 saturated heterocycles. The quantitative estimate of drug-likeness (QED) is 0.792. The summed E-state index contributed by atoms with van der Waals surface area (Å²) in [4.78, 5) is 10.8. The third-order valence-corrected chi connectivity index (χ3v) is 2.85. The van der Waals surface area contributed by atoms with Gasteiger partial charge in [0.25, 0.3) is 5.82 Å². The monoisotopic (exact) mass is 219 g/mol. The first-order valence-corrected chi connectivity index (χ1v) is 5.34. The van der Waals surface area contributed by atoms with Crippen LogP contribution in [0.3, 0.4) is 0 Å². The average molecular weight is 219 g/mol. The number of fused-ring (bicyclic) bond motifs is 1. The fourth-order valence-corrected chi connectivity index (χ4v) is 2.15. The van der Waals surface area contributed by atoms with E-state index in [1.807, 2.05) is 35.8 Å². The molecule has 0 spiro atoms. The molecule has 2 rings (SSSR count). The van der Waals surface area contributed by atoms with Gasteiger partial charge in [-0.25, -0.2) is 13.9 Å². The largest absolute Gasteiger partial charge is 0.478 e.